The largest absolute Gasteiger partial charge is 0.497 e. The maximum absolute atomic E-state index is 12.2. The minimum atomic E-state index is -2.89. The van der Waals surface area contributed by atoms with Crippen LogP contribution in [0.25, 0.3) is 11.0 Å². The molecule has 0 aliphatic heterocycles. The lowest BCUT2D eigenvalue weighted by Gasteiger charge is -2.08. The van der Waals surface area contributed by atoms with Crippen molar-refractivity contribution in [2.24, 2.45) is 0 Å². The second-order valence-corrected chi connectivity index (χ2v) is 4.86. The summed E-state index contributed by atoms with van der Waals surface area (Å²) in [6.45, 7) is -2.89. The zero-order valence-corrected chi connectivity index (χ0v) is 12.2. The van der Waals surface area contributed by atoms with Crippen LogP contribution < -0.4 is 9.47 Å². The van der Waals surface area contributed by atoms with E-state index in [2.05, 4.69) is 14.7 Å². The van der Waals surface area contributed by atoms with Crippen LogP contribution in [0.2, 0.25) is 0 Å². The molecule has 0 bridgehead atoms. The number of nitrogens with zero attached hydrogens (tertiary/aromatic N) is 1. The number of alkyl halides is 2. The van der Waals surface area contributed by atoms with Crippen LogP contribution >= 0.6 is 0 Å². The first-order valence-corrected chi connectivity index (χ1v) is 6.83. The van der Waals surface area contributed by atoms with E-state index in [-0.39, 0.29) is 5.75 Å². The van der Waals surface area contributed by atoms with Gasteiger partial charge in [0, 0.05) is 6.07 Å². The number of hydrogen-bond acceptors (Lipinski definition) is 4. The summed E-state index contributed by atoms with van der Waals surface area (Å²) in [6.07, 6.45) is -0.965. The van der Waals surface area contributed by atoms with Crippen molar-refractivity contribution in [1.29, 1.82) is 0 Å². The van der Waals surface area contributed by atoms with Gasteiger partial charge in [-0.2, -0.15) is 8.78 Å². The molecule has 0 radical (unpaired) electrons. The fourth-order valence-corrected chi connectivity index (χ4v) is 2.26. The summed E-state index contributed by atoms with van der Waals surface area (Å²) in [4.78, 5) is 7.21. The predicted octanol–water partition coefficient (Wildman–Crippen LogP) is 3.25. The Balaban J connectivity index is 1.89. The molecule has 0 saturated carbocycles. The van der Waals surface area contributed by atoms with Gasteiger partial charge in [0.2, 0.25) is 0 Å². The van der Waals surface area contributed by atoms with Crippen LogP contribution in [0.15, 0.2) is 42.5 Å². The Morgan fingerprint density at radius 3 is 2.43 bits per heavy atom. The van der Waals surface area contributed by atoms with Crippen LogP contribution in [0.3, 0.4) is 0 Å². The molecular weight excluding hydrogens is 306 g/mol. The fourth-order valence-electron chi connectivity index (χ4n) is 2.26. The quantitative estimate of drug-likeness (QED) is 0.757. The highest BCUT2D eigenvalue weighted by atomic mass is 19.3. The molecule has 0 aliphatic rings. The summed E-state index contributed by atoms with van der Waals surface area (Å²) in [5.74, 6) is 1.02. The first-order valence-electron chi connectivity index (χ1n) is 6.83. The summed E-state index contributed by atoms with van der Waals surface area (Å²) < 4.78 is 33.9. The van der Waals surface area contributed by atoms with Crippen LogP contribution in [-0.2, 0) is 0 Å². The van der Waals surface area contributed by atoms with Gasteiger partial charge in [-0.1, -0.05) is 12.1 Å². The van der Waals surface area contributed by atoms with E-state index >= 15 is 0 Å². The Kier molecular flexibility index (Phi) is 4.12. The lowest BCUT2D eigenvalue weighted by Crippen LogP contribution is -2.01. The summed E-state index contributed by atoms with van der Waals surface area (Å²) >= 11 is 0. The molecule has 23 heavy (non-hydrogen) atoms. The molecule has 1 unspecified atom stereocenters. The van der Waals surface area contributed by atoms with Gasteiger partial charge in [-0.25, -0.2) is 4.98 Å². The van der Waals surface area contributed by atoms with Crippen molar-refractivity contribution in [3.8, 4) is 11.5 Å². The second-order valence-electron chi connectivity index (χ2n) is 4.86. The maximum Gasteiger partial charge on any atom is 0.387 e. The van der Waals surface area contributed by atoms with Gasteiger partial charge in [-0.05, 0) is 29.8 Å². The van der Waals surface area contributed by atoms with E-state index in [0.29, 0.717) is 28.2 Å². The van der Waals surface area contributed by atoms with Gasteiger partial charge in [0.1, 0.15) is 23.4 Å². The van der Waals surface area contributed by atoms with Crippen molar-refractivity contribution in [2.75, 3.05) is 7.11 Å². The highest BCUT2D eigenvalue weighted by Gasteiger charge is 2.16. The van der Waals surface area contributed by atoms with Crippen LogP contribution in [0.1, 0.15) is 17.5 Å². The third kappa shape index (κ3) is 3.24. The Labute approximate surface area is 130 Å². The SMILES string of the molecule is COc1ccc(C(O)c2nc3cc(OC(F)F)ccc3[nH]2)cc1. The van der Waals surface area contributed by atoms with E-state index in [1.165, 1.54) is 12.1 Å². The number of aromatic amines is 1. The molecule has 5 nitrogen and oxygen atoms in total. The van der Waals surface area contributed by atoms with Gasteiger partial charge in [0.25, 0.3) is 0 Å². The van der Waals surface area contributed by atoms with E-state index in [0.717, 1.165) is 0 Å². The average molecular weight is 320 g/mol. The van der Waals surface area contributed by atoms with E-state index in [4.69, 9.17) is 4.74 Å². The van der Waals surface area contributed by atoms with Crippen LogP contribution in [0.4, 0.5) is 8.78 Å². The Hall–Kier alpha value is -2.67. The predicted molar refractivity (Wildman–Crippen MR) is 79.8 cm³/mol. The Morgan fingerprint density at radius 1 is 1.09 bits per heavy atom. The Morgan fingerprint density at radius 2 is 1.78 bits per heavy atom. The monoisotopic (exact) mass is 320 g/mol. The summed E-state index contributed by atoms with van der Waals surface area (Å²) in [5, 5.41) is 10.4. The molecule has 1 aromatic heterocycles. The smallest absolute Gasteiger partial charge is 0.387 e. The lowest BCUT2D eigenvalue weighted by atomic mass is 10.1. The first-order chi connectivity index (χ1) is 11.1. The number of nitrogens with one attached hydrogen (secondary N) is 1. The minimum Gasteiger partial charge on any atom is -0.497 e. The number of rotatable bonds is 5. The van der Waals surface area contributed by atoms with Crippen molar-refractivity contribution in [3.05, 3.63) is 53.9 Å². The van der Waals surface area contributed by atoms with Crippen LogP contribution in [-0.4, -0.2) is 28.8 Å². The molecule has 3 aromatic rings. The molecule has 0 saturated heterocycles. The van der Waals surface area contributed by atoms with Crippen LogP contribution in [0, 0.1) is 0 Å². The van der Waals surface area contributed by atoms with Crippen LogP contribution in [0.5, 0.6) is 11.5 Å². The van der Waals surface area contributed by atoms with Gasteiger partial charge >= 0.3 is 6.61 Å². The number of halogens is 2. The topological polar surface area (TPSA) is 67.4 Å². The van der Waals surface area contributed by atoms with E-state index in [1.54, 1.807) is 37.4 Å². The second kappa shape index (κ2) is 6.21. The number of aromatic nitrogens is 2. The number of aliphatic hydroxyl groups excluding tert-OH is 1. The van der Waals surface area contributed by atoms with E-state index in [1.807, 2.05) is 0 Å². The average Bonchev–Trinajstić information content (AvgIpc) is 2.97. The van der Waals surface area contributed by atoms with E-state index < -0.39 is 12.7 Å². The number of H-pyrrole nitrogens is 1. The van der Waals surface area contributed by atoms with Crippen molar-refractivity contribution >= 4 is 11.0 Å². The number of benzene rings is 2. The molecule has 1 heterocycles. The van der Waals surface area contributed by atoms with Crippen molar-refractivity contribution in [2.45, 2.75) is 12.7 Å². The third-order valence-corrected chi connectivity index (χ3v) is 3.39. The number of fused-ring (bicyclic) bond motifs is 1. The summed E-state index contributed by atoms with van der Waals surface area (Å²) in [6, 6.07) is 11.3. The highest BCUT2D eigenvalue weighted by Crippen LogP contribution is 2.26. The molecule has 1 atom stereocenters. The molecule has 120 valence electrons. The number of ether oxygens (including phenoxy) is 2. The number of hydrogen-bond donors (Lipinski definition) is 2. The van der Waals surface area contributed by atoms with E-state index in [9.17, 15) is 13.9 Å². The number of methoxy groups -OCH3 is 1. The highest BCUT2D eigenvalue weighted by molar-refractivity contribution is 5.77. The lowest BCUT2D eigenvalue weighted by molar-refractivity contribution is -0.0497. The van der Waals surface area contributed by atoms with Gasteiger partial charge in [0.15, 0.2) is 0 Å². The van der Waals surface area contributed by atoms with Crippen molar-refractivity contribution in [3.63, 3.8) is 0 Å². The standard InChI is InChI=1S/C16H14F2N2O3/c1-22-10-4-2-9(3-5-10)14(21)15-19-12-7-6-11(23-16(17)18)8-13(12)20-15/h2-8,14,16,21H,1H3,(H,19,20). The van der Waals surface area contributed by atoms with Gasteiger partial charge in [-0.15, -0.1) is 0 Å². The van der Waals surface area contributed by atoms with Crippen molar-refractivity contribution in [1.82, 2.24) is 9.97 Å². The normalized spacial score (nSPS) is 12.6. The molecule has 0 fully saturated rings. The summed E-state index contributed by atoms with van der Waals surface area (Å²) in [5.41, 5.74) is 1.69. The first kappa shape index (κ1) is 15.2. The molecule has 0 spiro atoms. The molecule has 0 amide bonds. The molecular formula is C16H14F2N2O3. The zero-order valence-electron chi connectivity index (χ0n) is 12.2. The number of imidazole rings is 1. The molecule has 2 aromatic carbocycles. The molecule has 2 N–H and O–H groups in total. The Bertz CT molecular complexity index is 803. The maximum atomic E-state index is 12.2. The van der Waals surface area contributed by atoms with Gasteiger partial charge < -0.3 is 19.6 Å². The summed E-state index contributed by atoms with van der Waals surface area (Å²) in [7, 11) is 1.56. The van der Waals surface area contributed by atoms with Gasteiger partial charge in [0.05, 0.1) is 18.1 Å². The zero-order chi connectivity index (χ0) is 16.4. The molecule has 3 rings (SSSR count). The number of aliphatic hydroxyl groups is 1. The minimum absolute atomic E-state index is 0.0180. The fraction of sp³-hybridized carbons (Fsp3) is 0.188. The molecule has 7 heteroatoms. The molecule has 0 aliphatic carbocycles. The van der Waals surface area contributed by atoms with Gasteiger partial charge in [-0.3, -0.25) is 0 Å². The van der Waals surface area contributed by atoms with Crippen molar-refractivity contribution < 1.29 is 23.4 Å². The third-order valence-electron chi connectivity index (χ3n) is 3.39.